The maximum Gasteiger partial charge on any atom is 0.254 e. The minimum Gasteiger partial charge on any atom is -0.353 e. The number of rotatable bonds is 3. The highest BCUT2D eigenvalue weighted by Crippen LogP contribution is 2.22. The van der Waals surface area contributed by atoms with E-state index in [4.69, 9.17) is 0 Å². The average molecular weight is 336 g/mol. The number of carbonyl (C=O) groups is 1. The minimum atomic E-state index is 0.135. The number of likely N-dealkylation sites (tertiary alicyclic amines) is 1. The summed E-state index contributed by atoms with van der Waals surface area (Å²) in [5.74, 6) is 1.03. The Kier molecular flexibility index (Phi) is 4.65. The number of amides is 1. The topological polar surface area (TPSA) is 48.5 Å². The molecule has 1 aromatic heterocycles. The van der Waals surface area contributed by atoms with Crippen molar-refractivity contribution in [1.29, 1.82) is 0 Å². The van der Waals surface area contributed by atoms with Crippen molar-refractivity contribution < 1.29 is 4.79 Å². The van der Waals surface area contributed by atoms with Crippen LogP contribution in [0.4, 0.5) is 5.82 Å². The summed E-state index contributed by atoms with van der Waals surface area (Å²) in [6.45, 7) is 4.42. The summed E-state index contributed by atoms with van der Waals surface area (Å²) in [6.07, 6.45) is 3.98. The number of piperazine rings is 1. The molecule has 0 spiro atoms. The first-order valence-corrected chi connectivity index (χ1v) is 9.10. The van der Waals surface area contributed by atoms with Crippen LogP contribution in [0.25, 0.3) is 0 Å². The number of nitrogens with zero attached hydrogens (tertiary/aromatic N) is 3. The molecule has 1 amide bonds. The fourth-order valence-corrected chi connectivity index (χ4v) is 3.69. The molecule has 1 unspecified atom stereocenters. The van der Waals surface area contributed by atoms with Crippen molar-refractivity contribution in [3.8, 4) is 0 Å². The molecule has 25 heavy (non-hydrogen) atoms. The predicted molar refractivity (Wildman–Crippen MR) is 98.8 cm³/mol. The highest BCUT2D eigenvalue weighted by Gasteiger charge is 2.24. The second-order valence-corrected chi connectivity index (χ2v) is 6.77. The van der Waals surface area contributed by atoms with Gasteiger partial charge in [0.1, 0.15) is 5.82 Å². The van der Waals surface area contributed by atoms with Crippen molar-refractivity contribution in [3.63, 3.8) is 0 Å². The van der Waals surface area contributed by atoms with E-state index in [1.165, 1.54) is 5.56 Å². The van der Waals surface area contributed by atoms with Gasteiger partial charge in [0.05, 0.1) is 0 Å². The summed E-state index contributed by atoms with van der Waals surface area (Å²) in [4.78, 5) is 21.4. The van der Waals surface area contributed by atoms with Crippen molar-refractivity contribution in [3.05, 3.63) is 59.8 Å². The van der Waals surface area contributed by atoms with Crippen LogP contribution in [0.15, 0.2) is 48.7 Å². The van der Waals surface area contributed by atoms with Crippen LogP contribution in [0, 0.1) is 0 Å². The first kappa shape index (κ1) is 16.1. The van der Waals surface area contributed by atoms with Crippen LogP contribution in [0.1, 0.15) is 34.8 Å². The number of aromatic nitrogens is 1. The van der Waals surface area contributed by atoms with Gasteiger partial charge >= 0.3 is 0 Å². The molecule has 1 atom stereocenters. The molecule has 0 bridgehead atoms. The summed E-state index contributed by atoms with van der Waals surface area (Å²) in [6, 6.07) is 14.6. The fourth-order valence-electron chi connectivity index (χ4n) is 3.69. The van der Waals surface area contributed by atoms with Crippen molar-refractivity contribution in [2.45, 2.75) is 18.9 Å². The lowest BCUT2D eigenvalue weighted by Crippen LogP contribution is -2.46. The molecule has 4 rings (SSSR count). The molecule has 2 aliphatic rings. The van der Waals surface area contributed by atoms with E-state index >= 15 is 0 Å². The monoisotopic (exact) mass is 336 g/mol. The van der Waals surface area contributed by atoms with Crippen LogP contribution in [-0.2, 0) is 0 Å². The Hall–Kier alpha value is -2.40. The maximum atomic E-state index is 12.6. The lowest BCUT2D eigenvalue weighted by Gasteiger charge is -2.35. The van der Waals surface area contributed by atoms with Gasteiger partial charge in [0.15, 0.2) is 0 Å². The molecule has 130 valence electrons. The van der Waals surface area contributed by atoms with Gasteiger partial charge in [-0.15, -0.1) is 0 Å². The zero-order valence-electron chi connectivity index (χ0n) is 14.4. The molecule has 3 heterocycles. The number of hydrogen-bond donors (Lipinski definition) is 1. The Balaban J connectivity index is 1.51. The third kappa shape index (κ3) is 3.51. The Morgan fingerprint density at radius 3 is 2.68 bits per heavy atom. The third-order valence-corrected chi connectivity index (χ3v) is 5.09. The van der Waals surface area contributed by atoms with Crippen molar-refractivity contribution in [2.75, 3.05) is 37.6 Å². The van der Waals surface area contributed by atoms with E-state index in [1.807, 2.05) is 23.1 Å². The van der Waals surface area contributed by atoms with E-state index in [-0.39, 0.29) is 11.9 Å². The highest BCUT2D eigenvalue weighted by atomic mass is 16.2. The van der Waals surface area contributed by atoms with Crippen LogP contribution in [0.2, 0.25) is 0 Å². The van der Waals surface area contributed by atoms with Gasteiger partial charge in [-0.25, -0.2) is 4.98 Å². The summed E-state index contributed by atoms with van der Waals surface area (Å²) in [5.41, 5.74) is 2.04. The number of benzene rings is 1. The van der Waals surface area contributed by atoms with Gasteiger partial charge in [0.25, 0.3) is 5.91 Å². The second-order valence-electron chi connectivity index (χ2n) is 6.77. The Labute approximate surface area is 148 Å². The smallest absolute Gasteiger partial charge is 0.254 e. The Bertz CT molecular complexity index is 727. The molecule has 0 saturated carbocycles. The van der Waals surface area contributed by atoms with E-state index in [0.717, 1.165) is 56.9 Å². The largest absolute Gasteiger partial charge is 0.353 e. The minimum absolute atomic E-state index is 0.135. The van der Waals surface area contributed by atoms with Crippen molar-refractivity contribution >= 4 is 11.7 Å². The van der Waals surface area contributed by atoms with E-state index in [2.05, 4.69) is 39.5 Å². The molecule has 2 aliphatic heterocycles. The van der Waals surface area contributed by atoms with Crippen molar-refractivity contribution in [1.82, 2.24) is 15.2 Å². The molecule has 2 aromatic rings. The van der Waals surface area contributed by atoms with Crippen LogP contribution >= 0.6 is 0 Å². The summed E-state index contributed by atoms with van der Waals surface area (Å²) < 4.78 is 0. The summed E-state index contributed by atoms with van der Waals surface area (Å²) >= 11 is 0. The van der Waals surface area contributed by atoms with Gasteiger partial charge in [0.2, 0.25) is 0 Å². The quantitative estimate of drug-likeness (QED) is 0.935. The van der Waals surface area contributed by atoms with Gasteiger partial charge < -0.3 is 15.1 Å². The normalized spacial score (nSPS) is 20.7. The Morgan fingerprint density at radius 2 is 1.88 bits per heavy atom. The molecule has 0 aliphatic carbocycles. The van der Waals surface area contributed by atoms with E-state index in [9.17, 15) is 4.79 Å². The third-order valence-electron chi connectivity index (χ3n) is 5.09. The van der Waals surface area contributed by atoms with Gasteiger partial charge in [0, 0.05) is 50.5 Å². The van der Waals surface area contributed by atoms with Crippen LogP contribution < -0.4 is 10.2 Å². The number of hydrogen-bond acceptors (Lipinski definition) is 4. The van der Waals surface area contributed by atoms with Gasteiger partial charge in [-0.2, -0.15) is 0 Å². The predicted octanol–water partition coefficient (Wildman–Crippen LogP) is 2.47. The van der Waals surface area contributed by atoms with E-state index in [1.54, 1.807) is 6.20 Å². The number of pyridine rings is 1. The van der Waals surface area contributed by atoms with Crippen molar-refractivity contribution in [2.24, 2.45) is 0 Å². The summed E-state index contributed by atoms with van der Waals surface area (Å²) in [5, 5.41) is 3.57. The first-order valence-electron chi connectivity index (χ1n) is 9.10. The van der Waals surface area contributed by atoms with Crippen LogP contribution in [-0.4, -0.2) is 48.5 Å². The standard InChI is InChI=1S/C20H24N4O/c25-20(23-11-4-5-12-23)17-8-9-22-19(14-17)24-13-10-21-18(15-24)16-6-2-1-3-7-16/h1-3,6-9,14,18,21H,4-5,10-13,15H2. The molecular formula is C20H24N4O. The average Bonchev–Trinajstić information content (AvgIpc) is 3.23. The molecule has 0 radical (unpaired) electrons. The highest BCUT2D eigenvalue weighted by molar-refractivity contribution is 5.95. The molecule has 1 aromatic carbocycles. The van der Waals surface area contributed by atoms with Gasteiger partial charge in [-0.1, -0.05) is 30.3 Å². The van der Waals surface area contributed by atoms with Gasteiger partial charge in [-0.3, -0.25) is 4.79 Å². The second kappa shape index (κ2) is 7.23. The SMILES string of the molecule is O=C(c1ccnc(N2CCNC(c3ccccc3)C2)c1)N1CCCC1. The molecule has 5 heteroatoms. The summed E-state index contributed by atoms with van der Waals surface area (Å²) in [7, 11) is 0. The van der Waals surface area contributed by atoms with Gasteiger partial charge in [-0.05, 0) is 30.5 Å². The zero-order valence-corrected chi connectivity index (χ0v) is 14.4. The Morgan fingerprint density at radius 1 is 1.08 bits per heavy atom. The number of carbonyl (C=O) groups excluding carboxylic acids is 1. The molecule has 2 fully saturated rings. The van der Waals surface area contributed by atoms with Crippen LogP contribution in [0.5, 0.6) is 0 Å². The molecule has 2 saturated heterocycles. The first-order chi connectivity index (χ1) is 12.3. The van der Waals surface area contributed by atoms with Crippen LogP contribution in [0.3, 0.4) is 0 Å². The number of anilines is 1. The number of nitrogens with one attached hydrogen (secondary N) is 1. The lowest BCUT2D eigenvalue weighted by molar-refractivity contribution is 0.0792. The maximum absolute atomic E-state index is 12.6. The van der Waals surface area contributed by atoms with E-state index < -0.39 is 0 Å². The zero-order chi connectivity index (χ0) is 17.1. The molecule has 1 N–H and O–H groups in total. The fraction of sp³-hybridized carbons (Fsp3) is 0.400. The van der Waals surface area contributed by atoms with E-state index in [0.29, 0.717) is 0 Å². The lowest BCUT2D eigenvalue weighted by atomic mass is 10.0. The molecular weight excluding hydrogens is 312 g/mol. The molecule has 5 nitrogen and oxygen atoms in total.